The molecule has 0 aliphatic carbocycles. The van der Waals surface area contributed by atoms with Crippen LogP contribution in [0.15, 0.2) is 12.5 Å². The predicted molar refractivity (Wildman–Crippen MR) is 67.9 cm³/mol. The number of H-pyrrole nitrogens is 1. The summed E-state index contributed by atoms with van der Waals surface area (Å²) >= 11 is 0. The van der Waals surface area contributed by atoms with Gasteiger partial charge in [0.1, 0.15) is 17.3 Å². The van der Waals surface area contributed by atoms with Crippen molar-refractivity contribution in [1.82, 2.24) is 15.3 Å². The molecule has 8 nitrogen and oxygen atoms in total. The van der Waals surface area contributed by atoms with Crippen LogP contribution in [0.2, 0.25) is 0 Å². The van der Waals surface area contributed by atoms with Gasteiger partial charge < -0.3 is 20.1 Å². The molecule has 0 saturated heterocycles. The topological polar surface area (TPSA) is 121 Å². The monoisotopic (exact) mass is 283 g/mol. The number of carboxylic acid groups (broad SMARTS) is 1. The molecule has 0 aliphatic rings. The molecule has 0 bridgehead atoms. The molecule has 0 aromatic carbocycles. The van der Waals surface area contributed by atoms with Crippen LogP contribution in [0, 0.1) is 0 Å². The maximum absolute atomic E-state index is 11.7. The summed E-state index contributed by atoms with van der Waals surface area (Å²) in [4.78, 5) is 40.5. The Balaban J connectivity index is 2.64. The van der Waals surface area contributed by atoms with Crippen molar-refractivity contribution in [3.8, 4) is 0 Å². The van der Waals surface area contributed by atoms with Crippen molar-refractivity contribution in [2.45, 2.75) is 38.8 Å². The van der Waals surface area contributed by atoms with Crippen molar-refractivity contribution in [3.63, 3.8) is 0 Å². The Morgan fingerprint density at radius 3 is 2.55 bits per heavy atom. The van der Waals surface area contributed by atoms with E-state index in [1.165, 1.54) is 12.5 Å². The first-order valence-electron chi connectivity index (χ1n) is 5.93. The molecule has 8 heteroatoms. The Labute approximate surface area is 115 Å². The highest BCUT2D eigenvalue weighted by Gasteiger charge is 2.27. The van der Waals surface area contributed by atoms with Crippen LogP contribution in [0.5, 0.6) is 0 Å². The number of imidazole rings is 1. The molecule has 0 aliphatic heterocycles. The molecular formula is C12H17N3O5. The van der Waals surface area contributed by atoms with Gasteiger partial charge >= 0.3 is 11.9 Å². The lowest BCUT2D eigenvalue weighted by molar-refractivity contribution is -0.158. The molecule has 0 unspecified atom stereocenters. The van der Waals surface area contributed by atoms with E-state index in [0.717, 1.165) is 0 Å². The fourth-order valence-electron chi connectivity index (χ4n) is 1.37. The van der Waals surface area contributed by atoms with E-state index in [4.69, 9.17) is 9.84 Å². The van der Waals surface area contributed by atoms with Gasteiger partial charge in [-0.25, -0.2) is 9.78 Å². The van der Waals surface area contributed by atoms with Gasteiger partial charge in [0.15, 0.2) is 0 Å². The predicted octanol–water partition coefficient (Wildman–Crippen LogP) is 0.325. The van der Waals surface area contributed by atoms with Crippen LogP contribution in [-0.2, 0) is 14.3 Å². The van der Waals surface area contributed by atoms with Gasteiger partial charge in [0, 0.05) is 0 Å². The van der Waals surface area contributed by atoms with Gasteiger partial charge in [-0.15, -0.1) is 0 Å². The zero-order valence-corrected chi connectivity index (χ0v) is 11.5. The number of aromatic amines is 1. The first-order chi connectivity index (χ1) is 9.19. The van der Waals surface area contributed by atoms with Crippen molar-refractivity contribution >= 4 is 17.8 Å². The van der Waals surface area contributed by atoms with Crippen molar-refractivity contribution in [3.05, 3.63) is 18.2 Å². The first-order valence-corrected chi connectivity index (χ1v) is 5.93. The van der Waals surface area contributed by atoms with Gasteiger partial charge in [0.05, 0.1) is 18.9 Å². The maximum atomic E-state index is 11.7. The summed E-state index contributed by atoms with van der Waals surface area (Å²) in [5.74, 6) is -2.67. The minimum absolute atomic E-state index is 0.112. The summed E-state index contributed by atoms with van der Waals surface area (Å²) in [7, 11) is 0. The SMILES string of the molecule is CC(C)(C)OC(=O)C[C@H](NC(=O)c1cnc[nH]1)C(=O)O. The molecule has 1 aromatic heterocycles. The Kier molecular flexibility index (Phi) is 4.84. The fraction of sp³-hybridized carbons (Fsp3) is 0.500. The number of carbonyl (C=O) groups is 3. The normalized spacial score (nSPS) is 12.6. The van der Waals surface area contributed by atoms with Crippen LogP contribution < -0.4 is 5.32 Å². The second-order valence-corrected chi connectivity index (χ2v) is 5.12. The van der Waals surface area contributed by atoms with E-state index in [1.807, 2.05) is 0 Å². The zero-order valence-electron chi connectivity index (χ0n) is 11.5. The van der Waals surface area contributed by atoms with Gasteiger partial charge in [0.2, 0.25) is 0 Å². The quantitative estimate of drug-likeness (QED) is 0.669. The minimum atomic E-state index is -1.36. The minimum Gasteiger partial charge on any atom is -0.480 e. The Hall–Kier alpha value is -2.38. The lowest BCUT2D eigenvalue weighted by atomic mass is 10.1. The van der Waals surface area contributed by atoms with Crippen LogP contribution in [0.3, 0.4) is 0 Å². The van der Waals surface area contributed by atoms with Gasteiger partial charge in [-0.2, -0.15) is 0 Å². The molecular weight excluding hydrogens is 266 g/mol. The third kappa shape index (κ3) is 5.09. The molecule has 1 rings (SSSR count). The summed E-state index contributed by atoms with van der Waals surface area (Å²) < 4.78 is 5.02. The maximum Gasteiger partial charge on any atom is 0.326 e. The number of esters is 1. The van der Waals surface area contributed by atoms with Crippen LogP contribution in [-0.4, -0.2) is 44.6 Å². The number of hydrogen-bond donors (Lipinski definition) is 3. The number of nitrogens with one attached hydrogen (secondary N) is 2. The lowest BCUT2D eigenvalue weighted by Gasteiger charge is -2.21. The molecule has 1 amide bonds. The average Bonchev–Trinajstić information content (AvgIpc) is 2.78. The number of rotatable bonds is 5. The lowest BCUT2D eigenvalue weighted by Crippen LogP contribution is -2.43. The van der Waals surface area contributed by atoms with Crippen molar-refractivity contribution in [1.29, 1.82) is 0 Å². The number of carboxylic acids is 1. The third-order valence-electron chi connectivity index (χ3n) is 2.14. The smallest absolute Gasteiger partial charge is 0.326 e. The summed E-state index contributed by atoms with van der Waals surface area (Å²) in [5, 5.41) is 11.2. The van der Waals surface area contributed by atoms with E-state index in [1.54, 1.807) is 20.8 Å². The number of hydrogen-bond acceptors (Lipinski definition) is 5. The molecule has 1 heterocycles. The Bertz CT molecular complexity index is 490. The van der Waals surface area contributed by atoms with Gasteiger partial charge in [-0.05, 0) is 20.8 Å². The van der Waals surface area contributed by atoms with Crippen molar-refractivity contribution in [2.24, 2.45) is 0 Å². The van der Waals surface area contributed by atoms with E-state index < -0.39 is 35.9 Å². The van der Waals surface area contributed by atoms with Gasteiger partial charge in [0.25, 0.3) is 5.91 Å². The number of amides is 1. The van der Waals surface area contributed by atoms with Gasteiger partial charge in [-0.3, -0.25) is 9.59 Å². The molecule has 0 spiro atoms. The van der Waals surface area contributed by atoms with Crippen molar-refractivity contribution < 1.29 is 24.2 Å². The molecule has 1 aromatic rings. The van der Waals surface area contributed by atoms with Crippen LogP contribution in [0.4, 0.5) is 0 Å². The number of aromatic nitrogens is 2. The van der Waals surface area contributed by atoms with Gasteiger partial charge in [-0.1, -0.05) is 0 Å². The standard InChI is InChI=1S/C12H17N3O5/c1-12(2,3)20-9(16)4-7(11(18)19)15-10(17)8-5-13-6-14-8/h5-7H,4H2,1-3H3,(H,13,14)(H,15,17)(H,18,19)/t7-/m0/s1. The summed E-state index contributed by atoms with van der Waals surface area (Å²) in [6.45, 7) is 5.01. The molecule has 1 atom stereocenters. The second-order valence-electron chi connectivity index (χ2n) is 5.12. The molecule has 0 radical (unpaired) electrons. The number of nitrogens with zero attached hydrogens (tertiary/aromatic N) is 1. The summed E-state index contributed by atoms with van der Waals surface area (Å²) in [5.41, 5.74) is -0.603. The first kappa shape index (κ1) is 15.7. The molecule has 110 valence electrons. The number of carbonyl (C=O) groups excluding carboxylic acids is 2. The second kappa shape index (κ2) is 6.18. The van der Waals surface area contributed by atoms with Crippen LogP contribution >= 0.6 is 0 Å². The van der Waals surface area contributed by atoms with E-state index in [0.29, 0.717) is 0 Å². The van der Waals surface area contributed by atoms with E-state index >= 15 is 0 Å². The highest BCUT2D eigenvalue weighted by atomic mass is 16.6. The van der Waals surface area contributed by atoms with Crippen LogP contribution in [0.25, 0.3) is 0 Å². The van der Waals surface area contributed by atoms with Crippen molar-refractivity contribution in [2.75, 3.05) is 0 Å². The zero-order chi connectivity index (χ0) is 15.3. The summed E-state index contributed by atoms with van der Waals surface area (Å²) in [6, 6.07) is -1.36. The molecule has 0 saturated carbocycles. The number of ether oxygens (including phenoxy) is 1. The van der Waals surface area contributed by atoms with E-state index in [2.05, 4.69) is 15.3 Å². The molecule has 20 heavy (non-hydrogen) atoms. The average molecular weight is 283 g/mol. The van der Waals surface area contributed by atoms with Crippen LogP contribution in [0.1, 0.15) is 37.7 Å². The highest BCUT2D eigenvalue weighted by molar-refractivity contribution is 5.95. The highest BCUT2D eigenvalue weighted by Crippen LogP contribution is 2.09. The Morgan fingerprint density at radius 2 is 2.10 bits per heavy atom. The Morgan fingerprint density at radius 1 is 1.45 bits per heavy atom. The fourth-order valence-corrected chi connectivity index (χ4v) is 1.37. The summed E-state index contributed by atoms with van der Waals surface area (Å²) in [6.07, 6.45) is 2.09. The van der Waals surface area contributed by atoms with E-state index in [9.17, 15) is 14.4 Å². The number of aliphatic carboxylic acids is 1. The van der Waals surface area contributed by atoms with E-state index in [-0.39, 0.29) is 5.69 Å². The third-order valence-corrected chi connectivity index (χ3v) is 2.14. The molecule has 3 N–H and O–H groups in total. The largest absolute Gasteiger partial charge is 0.480 e. The molecule has 0 fully saturated rings.